The first kappa shape index (κ1) is 15.5. The summed E-state index contributed by atoms with van der Waals surface area (Å²) >= 11 is 5.64. The summed E-state index contributed by atoms with van der Waals surface area (Å²) in [5, 5.41) is 8.01. The highest BCUT2D eigenvalue weighted by Gasteiger charge is 2.03. The van der Waals surface area contributed by atoms with Crippen LogP contribution in [0, 0.1) is 0 Å². The lowest BCUT2D eigenvalue weighted by Gasteiger charge is -2.08. The van der Waals surface area contributed by atoms with E-state index in [4.69, 9.17) is 11.6 Å². The maximum absolute atomic E-state index is 5.64. The van der Waals surface area contributed by atoms with Gasteiger partial charge in [-0.1, -0.05) is 19.8 Å². The minimum Gasteiger partial charge on any atom is -0.311 e. The monoisotopic (exact) mass is 271 g/mol. The molecule has 18 heavy (non-hydrogen) atoms. The molecule has 1 atom stereocenters. The molecule has 1 rings (SSSR count). The minimum absolute atomic E-state index is 0.495. The minimum atomic E-state index is 0.495. The first-order chi connectivity index (χ1) is 8.77. The number of unbranched alkanes of at least 4 members (excludes halogenated alkanes) is 3. The smallest absolute Gasteiger partial charge is 0.0762 e. The van der Waals surface area contributed by atoms with Gasteiger partial charge in [0.15, 0.2) is 0 Å². The van der Waals surface area contributed by atoms with E-state index in [-0.39, 0.29) is 0 Å². The summed E-state index contributed by atoms with van der Waals surface area (Å²) < 4.78 is 2.05. The molecule has 1 unspecified atom stereocenters. The quantitative estimate of drug-likeness (QED) is 0.519. The van der Waals surface area contributed by atoms with E-state index in [0.717, 1.165) is 37.5 Å². The molecule has 0 amide bonds. The Morgan fingerprint density at radius 2 is 2.11 bits per heavy atom. The number of halogens is 1. The standard InChI is InChI=1S/C14H26ClN3/c1-3-13(2)18-11-8-14(17-18)12-16-10-7-5-4-6-9-15/h8,11,13,16H,3-7,9-10,12H2,1-2H3. The fraction of sp³-hybridized carbons (Fsp3) is 0.786. The molecule has 3 nitrogen and oxygen atoms in total. The van der Waals surface area contributed by atoms with Gasteiger partial charge in [-0.2, -0.15) is 5.10 Å². The summed E-state index contributed by atoms with van der Waals surface area (Å²) in [7, 11) is 0. The maximum atomic E-state index is 5.64. The predicted octanol–water partition coefficient (Wildman–Crippen LogP) is 3.74. The summed E-state index contributed by atoms with van der Waals surface area (Å²) in [6.45, 7) is 6.32. The first-order valence-corrected chi connectivity index (χ1v) is 7.62. The topological polar surface area (TPSA) is 29.9 Å². The molecule has 1 aromatic rings. The van der Waals surface area contributed by atoms with Crippen LogP contribution in [0.2, 0.25) is 0 Å². The maximum Gasteiger partial charge on any atom is 0.0762 e. The molecule has 0 saturated carbocycles. The zero-order valence-electron chi connectivity index (χ0n) is 11.7. The van der Waals surface area contributed by atoms with Crippen LogP contribution in [0.4, 0.5) is 0 Å². The van der Waals surface area contributed by atoms with E-state index in [2.05, 4.69) is 41.2 Å². The van der Waals surface area contributed by atoms with E-state index in [1.54, 1.807) is 0 Å². The van der Waals surface area contributed by atoms with Crippen molar-refractivity contribution in [3.05, 3.63) is 18.0 Å². The Labute approximate surface area is 116 Å². The molecule has 104 valence electrons. The third-order valence-electron chi connectivity index (χ3n) is 3.25. The zero-order chi connectivity index (χ0) is 13.2. The Morgan fingerprint density at radius 1 is 1.33 bits per heavy atom. The third kappa shape index (κ3) is 5.87. The van der Waals surface area contributed by atoms with Crippen LogP contribution in [-0.4, -0.2) is 22.2 Å². The van der Waals surface area contributed by atoms with Crippen molar-refractivity contribution < 1.29 is 0 Å². The van der Waals surface area contributed by atoms with E-state index in [1.807, 2.05) is 0 Å². The Bertz CT molecular complexity index is 312. The van der Waals surface area contributed by atoms with E-state index in [9.17, 15) is 0 Å². The first-order valence-electron chi connectivity index (χ1n) is 7.08. The average molecular weight is 272 g/mol. The molecule has 0 aliphatic heterocycles. The molecule has 1 N–H and O–H groups in total. The summed E-state index contributed by atoms with van der Waals surface area (Å²) in [4.78, 5) is 0. The van der Waals surface area contributed by atoms with Crippen molar-refractivity contribution in [1.29, 1.82) is 0 Å². The van der Waals surface area contributed by atoms with E-state index in [0.29, 0.717) is 6.04 Å². The number of aromatic nitrogens is 2. The Morgan fingerprint density at radius 3 is 2.83 bits per heavy atom. The molecule has 4 heteroatoms. The van der Waals surface area contributed by atoms with Gasteiger partial charge in [-0.25, -0.2) is 0 Å². The van der Waals surface area contributed by atoms with Crippen LogP contribution in [0.15, 0.2) is 12.3 Å². The van der Waals surface area contributed by atoms with E-state index < -0.39 is 0 Å². The fourth-order valence-electron chi connectivity index (χ4n) is 1.82. The van der Waals surface area contributed by atoms with Crippen LogP contribution < -0.4 is 5.32 Å². The van der Waals surface area contributed by atoms with Crippen LogP contribution in [0.1, 0.15) is 57.7 Å². The fourth-order valence-corrected chi connectivity index (χ4v) is 2.01. The number of hydrogen-bond acceptors (Lipinski definition) is 2. The van der Waals surface area contributed by atoms with E-state index in [1.165, 1.54) is 19.3 Å². The predicted molar refractivity (Wildman–Crippen MR) is 78.1 cm³/mol. The van der Waals surface area contributed by atoms with Gasteiger partial charge in [0.1, 0.15) is 0 Å². The highest BCUT2D eigenvalue weighted by Crippen LogP contribution is 2.09. The number of rotatable bonds is 10. The Kier molecular flexibility index (Phi) is 8.10. The zero-order valence-corrected chi connectivity index (χ0v) is 12.4. The van der Waals surface area contributed by atoms with Crippen molar-refractivity contribution in [1.82, 2.24) is 15.1 Å². The highest BCUT2D eigenvalue weighted by atomic mass is 35.5. The Balaban J connectivity index is 2.10. The molecular formula is C14H26ClN3. The van der Waals surface area contributed by atoms with Gasteiger partial charge in [-0.3, -0.25) is 4.68 Å². The molecule has 0 aliphatic carbocycles. The molecule has 0 saturated heterocycles. The van der Waals surface area contributed by atoms with Crippen molar-refractivity contribution in [2.45, 2.75) is 58.5 Å². The van der Waals surface area contributed by atoms with Crippen LogP contribution in [-0.2, 0) is 6.54 Å². The van der Waals surface area contributed by atoms with Gasteiger partial charge in [0.2, 0.25) is 0 Å². The molecule has 1 aromatic heterocycles. The van der Waals surface area contributed by atoms with Crippen molar-refractivity contribution >= 4 is 11.6 Å². The van der Waals surface area contributed by atoms with Crippen LogP contribution in [0.5, 0.6) is 0 Å². The summed E-state index contributed by atoms with van der Waals surface area (Å²) in [6.07, 6.45) is 8.07. The third-order valence-corrected chi connectivity index (χ3v) is 3.52. The number of alkyl halides is 1. The number of nitrogens with zero attached hydrogens (tertiary/aromatic N) is 2. The van der Waals surface area contributed by atoms with Crippen molar-refractivity contribution in [3.8, 4) is 0 Å². The van der Waals surface area contributed by atoms with E-state index >= 15 is 0 Å². The van der Waals surface area contributed by atoms with Gasteiger partial charge < -0.3 is 5.32 Å². The molecule has 0 bridgehead atoms. The molecule has 0 spiro atoms. The molecule has 0 fully saturated rings. The van der Waals surface area contributed by atoms with Crippen LogP contribution in [0.25, 0.3) is 0 Å². The number of nitrogens with one attached hydrogen (secondary N) is 1. The lowest BCUT2D eigenvalue weighted by atomic mass is 10.2. The molecular weight excluding hydrogens is 246 g/mol. The van der Waals surface area contributed by atoms with Gasteiger partial charge >= 0.3 is 0 Å². The summed E-state index contributed by atoms with van der Waals surface area (Å²) in [5.41, 5.74) is 1.14. The second-order valence-electron chi connectivity index (χ2n) is 4.82. The van der Waals surface area contributed by atoms with Gasteiger partial charge in [0.25, 0.3) is 0 Å². The largest absolute Gasteiger partial charge is 0.311 e. The SMILES string of the molecule is CCC(C)n1ccc(CNCCCCCCCl)n1. The second kappa shape index (κ2) is 9.40. The van der Waals surface area contributed by atoms with Crippen molar-refractivity contribution in [3.63, 3.8) is 0 Å². The van der Waals surface area contributed by atoms with Gasteiger partial charge in [-0.15, -0.1) is 11.6 Å². The lowest BCUT2D eigenvalue weighted by molar-refractivity contribution is 0.471. The van der Waals surface area contributed by atoms with Crippen molar-refractivity contribution in [2.24, 2.45) is 0 Å². The van der Waals surface area contributed by atoms with Gasteiger partial charge in [0.05, 0.1) is 5.69 Å². The molecule has 0 aromatic carbocycles. The highest BCUT2D eigenvalue weighted by molar-refractivity contribution is 6.17. The number of hydrogen-bond donors (Lipinski definition) is 1. The summed E-state index contributed by atoms with van der Waals surface area (Å²) in [5.74, 6) is 0.792. The normalized spacial score (nSPS) is 12.8. The lowest BCUT2D eigenvalue weighted by Crippen LogP contribution is -2.15. The van der Waals surface area contributed by atoms with Crippen LogP contribution in [0.3, 0.4) is 0 Å². The van der Waals surface area contributed by atoms with Crippen molar-refractivity contribution in [2.75, 3.05) is 12.4 Å². The molecule has 0 aliphatic rings. The summed E-state index contributed by atoms with van der Waals surface area (Å²) in [6, 6.07) is 2.60. The van der Waals surface area contributed by atoms with Crippen LogP contribution >= 0.6 is 11.6 Å². The molecule has 0 radical (unpaired) electrons. The second-order valence-corrected chi connectivity index (χ2v) is 5.20. The van der Waals surface area contributed by atoms with Gasteiger partial charge in [-0.05, 0) is 38.8 Å². The van der Waals surface area contributed by atoms with Gasteiger partial charge in [0, 0.05) is 24.7 Å². The average Bonchev–Trinajstić information content (AvgIpc) is 2.85. The molecule has 1 heterocycles. The Hall–Kier alpha value is -0.540.